The second kappa shape index (κ2) is 6.13. The van der Waals surface area contributed by atoms with Gasteiger partial charge in [0.15, 0.2) is 0 Å². The minimum Gasteiger partial charge on any atom is -0.396 e. The lowest BCUT2D eigenvalue weighted by Crippen LogP contribution is -2.15. The van der Waals surface area contributed by atoms with Gasteiger partial charge < -0.3 is 16.4 Å². The summed E-state index contributed by atoms with van der Waals surface area (Å²) in [5.41, 5.74) is 7.65. The van der Waals surface area contributed by atoms with Crippen LogP contribution in [-0.2, 0) is 0 Å². The van der Waals surface area contributed by atoms with Gasteiger partial charge in [-0.15, -0.1) is 0 Å². The van der Waals surface area contributed by atoms with Gasteiger partial charge in [0.1, 0.15) is 5.82 Å². The number of hydrogen-bond acceptors (Lipinski definition) is 4. The van der Waals surface area contributed by atoms with Crippen molar-refractivity contribution in [2.75, 3.05) is 29.5 Å². The molecule has 0 spiro atoms. The molecule has 0 saturated carbocycles. The molecule has 0 unspecified atom stereocenters. The second-order valence-corrected chi connectivity index (χ2v) is 4.82. The van der Waals surface area contributed by atoms with Gasteiger partial charge in [0, 0.05) is 30.4 Å². The normalized spacial score (nSPS) is 10.5. The molecule has 3 aromatic rings. The number of hydrogen-bond donors (Lipinski definition) is 3. The van der Waals surface area contributed by atoms with Crippen LogP contribution in [0.3, 0.4) is 0 Å². The summed E-state index contributed by atoms with van der Waals surface area (Å²) in [4.78, 5) is 4.21. The minimum absolute atomic E-state index is 0.669. The first-order valence-corrected chi connectivity index (χ1v) is 7.00. The number of fused-ring (bicyclic) bond motifs is 1. The number of benzene rings is 2. The number of nitrogens with one attached hydrogen (secondary N) is 2. The summed E-state index contributed by atoms with van der Waals surface area (Å²) in [6, 6.07) is 18.3. The number of anilines is 3. The Morgan fingerprint density at radius 2 is 1.67 bits per heavy atom. The van der Waals surface area contributed by atoms with E-state index in [-0.39, 0.29) is 0 Å². The molecule has 0 aliphatic carbocycles. The summed E-state index contributed by atoms with van der Waals surface area (Å²) < 4.78 is 0. The molecular formula is C17H18N4. The van der Waals surface area contributed by atoms with E-state index in [1.165, 1.54) is 10.8 Å². The fraction of sp³-hybridized carbons (Fsp3) is 0.118. The maximum Gasteiger partial charge on any atom is 0.149 e. The summed E-state index contributed by atoms with van der Waals surface area (Å²) in [6.07, 6.45) is 1.73. The average Bonchev–Trinajstić information content (AvgIpc) is 2.53. The van der Waals surface area contributed by atoms with E-state index in [2.05, 4.69) is 58.1 Å². The molecule has 0 fully saturated rings. The molecule has 106 valence electrons. The summed E-state index contributed by atoms with van der Waals surface area (Å²) >= 11 is 0. The highest BCUT2D eigenvalue weighted by molar-refractivity contribution is 5.93. The van der Waals surface area contributed by atoms with Crippen LogP contribution in [-0.4, -0.2) is 18.1 Å². The van der Waals surface area contributed by atoms with Gasteiger partial charge in [-0.25, -0.2) is 4.98 Å². The topological polar surface area (TPSA) is 63.0 Å². The number of nitrogen functional groups attached to an aromatic ring is 1. The molecule has 1 aromatic heterocycles. The first-order valence-electron chi connectivity index (χ1n) is 7.00. The summed E-state index contributed by atoms with van der Waals surface area (Å²) in [5.74, 6) is 0.734. The fourth-order valence-electron chi connectivity index (χ4n) is 2.32. The van der Waals surface area contributed by atoms with Crippen LogP contribution in [0.4, 0.5) is 17.2 Å². The van der Waals surface area contributed by atoms with Crippen molar-refractivity contribution < 1.29 is 0 Å². The van der Waals surface area contributed by atoms with Crippen LogP contribution in [0.25, 0.3) is 10.8 Å². The molecular weight excluding hydrogens is 260 g/mol. The Balaban J connectivity index is 1.61. The molecule has 4 heteroatoms. The van der Waals surface area contributed by atoms with Gasteiger partial charge in [-0.05, 0) is 23.6 Å². The van der Waals surface area contributed by atoms with E-state index in [9.17, 15) is 0 Å². The molecule has 3 rings (SSSR count). The van der Waals surface area contributed by atoms with Crippen molar-refractivity contribution in [2.24, 2.45) is 0 Å². The molecule has 21 heavy (non-hydrogen) atoms. The van der Waals surface area contributed by atoms with Gasteiger partial charge in [0.25, 0.3) is 0 Å². The van der Waals surface area contributed by atoms with Crippen molar-refractivity contribution in [3.8, 4) is 0 Å². The molecule has 0 aliphatic heterocycles. The average molecular weight is 278 g/mol. The maximum atomic E-state index is 5.84. The third-order valence-corrected chi connectivity index (χ3v) is 3.36. The van der Waals surface area contributed by atoms with Crippen molar-refractivity contribution in [1.82, 2.24) is 4.98 Å². The molecule has 4 nitrogen and oxygen atoms in total. The number of pyridine rings is 1. The molecule has 0 bridgehead atoms. The van der Waals surface area contributed by atoms with Crippen molar-refractivity contribution in [1.29, 1.82) is 0 Å². The van der Waals surface area contributed by atoms with E-state index in [1.54, 1.807) is 6.20 Å². The van der Waals surface area contributed by atoms with E-state index >= 15 is 0 Å². The van der Waals surface area contributed by atoms with Crippen molar-refractivity contribution >= 4 is 28.0 Å². The molecule has 0 amide bonds. The maximum absolute atomic E-state index is 5.84. The molecule has 0 atom stereocenters. The predicted octanol–water partition coefficient (Wildman–Crippen LogP) is 3.34. The molecule has 4 N–H and O–H groups in total. The number of aromatic nitrogens is 1. The second-order valence-electron chi connectivity index (χ2n) is 4.82. The molecule has 0 saturated heterocycles. The van der Waals surface area contributed by atoms with E-state index < -0.39 is 0 Å². The number of nitrogens with two attached hydrogens (primary N) is 1. The van der Waals surface area contributed by atoms with Crippen molar-refractivity contribution in [2.45, 2.75) is 0 Å². The lowest BCUT2D eigenvalue weighted by molar-refractivity contribution is 1.06. The van der Waals surface area contributed by atoms with E-state index in [0.717, 1.165) is 24.6 Å². The van der Waals surface area contributed by atoms with Gasteiger partial charge >= 0.3 is 0 Å². The van der Waals surface area contributed by atoms with Crippen molar-refractivity contribution in [3.05, 3.63) is 60.8 Å². The molecule has 0 radical (unpaired) electrons. The Kier molecular flexibility index (Phi) is 3.87. The zero-order chi connectivity index (χ0) is 14.5. The summed E-state index contributed by atoms with van der Waals surface area (Å²) in [6.45, 7) is 1.55. The first-order chi connectivity index (χ1) is 10.3. The molecule has 2 aromatic carbocycles. The Bertz CT molecular complexity index is 734. The lowest BCUT2D eigenvalue weighted by Gasteiger charge is -2.11. The standard InChI is InChI=1S/C17H18N4/c18-15-8-4-10-20-17(15)21-12-11-19-16-9-3-6-13-5-1-2-7-14(13)16/h1-10,19H,11-12,18H2,(H,20,21). The van der Waals surface area contributed by atoms with Gasteiger partial charge in [-0.3, -0.25) is 0 Å². The third-order valence-electron chi connectivity index (χ3n) is 3.36. The molecule has 1 heterocycles. The van der Waals surface area contributed by atoms with Crippen LogP contribution in [0.2, 0.25) is 0 Å². The Labute approximate surface area is 124 Å². The smallest absolute Gasteiger partial charge is 0.149 e. The lowest BCUT2D eigenvalue weighted by atomic mass is 10.1. The number of rotatable bonds is 5. The number of nitrogens with zero attached hydrogens (tertiary/aromatic N) is 1. The van der Waals surface area contributed by atoms with Gasteiger partial charge in [-0.1, -0.05) is 36.4 Å². The van der Waals surface area contributed by atoms with Crippen LogP contribution < -0.4 is 16.4 Å². The highest BCUT2D eigenvalue weighted by Crippen LogP contribution is 2.22. The Hall–Kier alpha value is -2.75. The zero-order valence-electron chi connectivity index (χ0n) is 11.7. The Morgan fingerprint density at radius 3 is 2.57 bits per heavy atom. The highest BCUT2D eigenvalue weighted by atomic mass is 15.0. The van der Waals surface area contributed by atoms with Crippen LogP contribution in [0.5, 0.6) is 0 Å². The highest BCUT2D eigenvalue weighted by Gasteiger charge is 2.00. The zero-order valence-corrected chi connectivity index (χ0v) is 11.7. The van der Waals surface area contributed by atoms with Gasteiger partial charge in [0.2, 0.25) is 0 Å². The van der Waals surface area contributed by atoms with Crippen LogP contribution in [0, 0.1) is 0 Å². The summed E-state index contributed by atoms with van der Waals surface area (Å²) in [7, 11) is 0. The van der Waals surface area contributed by atoms with Crippen molar-refractivity contribution in [3.63, 3.8) is 0 Å². The van der Waals surface area contributed by atoms with Crippen LogP contribution in [0.1, 0.15) is 0 Å². The Morgan fingerprint density at radius 1 is 0.857 bits per heavy atom. The monoisotopic (exact) mass is 278 g/mol. The van der Waals surface area contributed by atoms with Gasteiger partial charge in [-0.2, -0.15) is 0 Å². The van der Waals surface area contributed by atoms with E-state index in [0.29, 0.717) is 5.69 Å². The van der Waals surface area contributed by atoms with E-state index in [1.807, 2.05) is 12.1 Å². The van der Waals surface area contributed by atoms with Crippen LogP contribution >= 0.6 is 0 Å². The SMILES string of the molecule is Nc1cccnc1NCCNc1cccc2ccccc12. The quantitative estimate of drug-likeness (QED) is 0.626. The van der Waals surface area contributed by atoms with E-state index in [4.69, 9.17) is 5.73 Å². The largest absolute Gasteiger partial charge is 0.396 e. The first kappa shape index (κ1) is 13.2. The minimum atomic E-state index is 0.669. The predicted molar refractivity (Wildman–Crippen MR) is 89.6 cm³/mol. The van der Waals surface area contributed by atoms with Gasteiger partial charge in [0.05, 0.1) is 5.69 Å². The third kappa shape index (κ3) is 3.05. The fourth-order valence-corrected chi connectivity index (χ4v) is 2.32. The molecule has 0 aliphatic rings. The summed E-state index contributed by atoms with van der Waals surface area (Å²) in [5, 5.41) is 9.15. The van der Waals surface area contributed by atoms with Crippen LogP contribution in [0.15, 0.2) is 60.8 Å².